The number of allylic oxidation sites excluding steroid dienone is 1. The zero-order chi connectivity index (χ0) is 16.4. The van der Waals surface area contributed by atoms with E-state index < -0.39 is 0 Å². The lowest BCUT2D eigenvalue weighted by atomic mass is 10.1. The highest BCUT2D eigenvalue weighted by Gasteiger charge is 2.32. The number of carbonyl (C=O) groups excluding carboxylic acids is 1. The number of halogens is 1. The number of rotatable bonds is 3. The molecule has 3 rings (SSSR count). The van der Waals surface area contributed by atoms with Crippen LogP contribution in [0.25, 0.3) is 0 Å². The molecule has 0 bridgehead atoms. The van der Waals surface area contributed by atoms with Crippen molar-refractivity contribution in [3.8, 4) is 0 Å². The summed E-state index contributed by atoms with van der Waals surface area (Å²) in [4.78, 5) is 16.6. The minimum absolute atomic E-state index is 0.0345. The molecule has 0 unspecified atom stereocenters. The third-order valence-corrected chi connectivity index (χ3v) is 4.20. The first-order valence-corrected chi connectivity index (χ1v) is 7.87. The molecular formula is C18H18ClN3O. The Morgan fingerprint density at radius 1 is 1.22 bits per heavy atom. The van der Waals surface area contributed by atoms with E-state index in [0.717, 1.165) is 22.7 Å². The molecule has 0 atom stereocenters. The van der Waals surface area contributed by atoms with Gasteiger partial charge in [0.2, 0.25) is 5.91 Å². The van der Waals surface area contributed by atoms with Crippen LogP contribution in [0.15, 0.2) is 59.9 Å². The average Bonchev–Trinajstić information content (AvgIpc) is 2.85. The summed E-state index contributed by atoms with van der Waals surface area (Å²) in [6, 6.07) is 13.4. The summed E-state index contributed by atoms with van der Waals surface area (Å²) in [5.41, 5.74) is 3.88. The standard InChI is InChI=1S/C18H18ClN3O/c1-13-12-21(17-9-4-3-8-16(17)19)22(14(2)23)18(13)11-15-7-5-6-10-20-15/h3-10H,11-12H2,1-2H3. The molecule has 0 spiro atoms. The number of amides is 1. The van der Waals surface area contributed by atoms with Gasteiger partial charge in [0, 0.05) is 25.2 Å². The van der Waals surface area contributed by atoms with Gasteiger partial charge in [-0.3, -0.25) is 14.8 Å². The fourth-order valence-electron chi connectivity index (χ4n) is 2.83. The van der Waals surface area contributed by atoms with Gasteiger partial charge in [-0.2, -0.15) is 0 Å². The lowest BCUT2D eigenvalue weighted by molar-refractivity contribution is -0.127. The van der Waals surface area contributed by atoms with E-state index in [-0.39, 0.29) is 5.91 Å². The smallest absolute Gasteiger partial charge is 0.242 e. The third-order valence-electron chi connectivity index (χ3n) is 3.88. The van der Waals surface area contributed by atoms with Crippen LogP contribution in [0.2, 0.25) is 5.02 Å². The highest BCUT2D eigenvalue weighted by Crippen LogP contribution is 2.34. The summed E-state index contributed by atoms with van der Waals surface area (Å²) < 4.78 is 0. The highest BCUT2D eigenvalue weighted by molar-refractivity contribution is 6.33. The molecule has 1 amide bonds. The van der Waals surface area contributed by atoms with Crippen LogP contribution < -0.4 is 5.01 Å². The second-order valence-electron chi connectivity index (χ2n) is 5.56. The molecule has 1 aliphatic rings. The minimum atomic E-state index is -0.0345. The SMILES string of the molecule is CC(=O)N1C(Cc2ccccn2)=C(C)CN1c1ccccc1Cl. The lowest BCUT2D eigenvalue weighted by Crippen LogP contribution is -2.41. The Kier molecular flexibility index (Phi) is 4.35. The molecule has 0 N–H and O–H groups in total. The number of nitrogens with zero attached hydrogens (tertiary/aromatic N) is 3. The molecule has 5 heteroatoms. The van der Waals surface area contributed by atoms with E-state index in [4.69, 9.17) is 11.6 Å². The van der Waals surface area contributed by atoms with Crippen LogP contribution in [-0.4, -0.2) is 22.4 Å². The van der Waals surface area contributed by atoms with E-state index >= 15 is 0 Å². The molecule has 0 aliphatic carbocycles. The van der Waals surface area contributed by atoms with Gasteiger partial charge in [-0.05, 0) is 36.8 Å². The van der Waals surface area contributed by atoms with Crippen LogP contribution >= 0.6 is 11.6 Å². The van der Waals surface area contributed by atoms with Gasteiger partial charge < -0.3 is 0 Å². The van der Waals surface area contributed by atoms with Gasteiger partial charge in [-0.25, -0.2) is 5.01 Å². The van der Waals surface area contributed by atoms with E-state index in [1.807, 2.05) is 54.4 Å². The Morgan fingerprint density at radius 3 is 2.61 bits per heavy atom. The summed E-state index contributed by atoms with van der Waals surface area (Å²) in [7, 11) is 0. The van der Waals surface area contributed by atoms with Crippen LogP contribution in [0, 0.1) is 0 Å². The van der Waals surface area contributed by atoms with Gasteiger partial charge in [-0.15, -0.1) is 0 Å². The number of carbonyl (C=O) groups is 1. The number of hydrazine groups is 1. The van der Waals surface area contributed by atoms with Gasteiger partial charge in [0.15, 0.2) is 0 Å². The Balaban J connectivity index is 1.95. The molecule has 1 aromatic carbocycles. The fraction of sp³-hybridized carbons (Fsp3) is 0.222. The third kappa shape index (κ3) is 3.08. The minimum Gasteiger partial charge on any atom is -0.273 e. The second-order valence-corrected chi connectivity index (χ2v) is 5.97. The number of benzene rings is 1. The molecule has 0 saturated heterocycles. The maximum absolute atomic E-state index is 12.3. The topological polar surface area (TPSA) is 36.4 Å². The molecule has 1 aliphatic heterocycles. The van der Waals surface area contributed by atoms with Gasteiger partial charge in [0.05, 0.1) is 23.0 Å². The van der Waals surface area contributed by atoms with Gasteiger partial charge in [0.25, 0.3) is 0 Å². The number of hydrogen-bond donors (Lipinski definition) is 0. The summed E-state index contributed by atoms with van der Waals surface area (Å²) in [6.07, 6.45) is 2.39. The molecule has 2 aromatic rings. The summed E-state index contributed by atoms with van der Waals surface area (Å²) >= 11 is 6.32. The lowest BCUT2D eigenvalue weighted by Gasteiger charge is -2.31. The van der Waals surface area contributed by atoms with Crippen molar-refractivity contribution in [2.45, 2.75) is 20.3 Å². The maximum atomic E-state index is 12.3. The Bertz CT molecular complexity index is 758. The van der Waals surface area contributed by atoms with Crippen LogP contribution in [0.1, 0.15) is 19.5 Å². The summed E-state index contributed by atoms with van der Waals surface area (Å²) in [6.45, 7) is 4.26. The van der Waals surface area contributed by atoms with E-state index in [1.165, 1.54) is 0 Å². The fourth-order valence-corrected chi connectivity index (χ4v) is 3.06. The van der Waals surface area contributed by atoms with Gasteiger partial charge in [0.1, 0.15) is 0 Å². The summed E-state index contributed by atoms with van der Waals surface area (Å²) in [5.74, 6) is -0.0345. The van der Waals surface area contributed by atoms with Crippen LogP contribution in [0.3, 0.4) is 0 Å². The van der Waals surface area contributed by atoms with E-state index in [9.17, 15) is 4.79 Å². The van der Waals surface area contributed by atoms with Gasteiger partial charge in [-0.1, -0.05) is 29.8 Å². The molecule has 4 nitrogen and oxygen atoms in total. The molecule has 1 aromatic heterocycles. The first kappa shape index (κ1) is 15.6. The molecule has 2 heterocycles. The molecule has 118 valence electrons. The highest BCUT2D eigenvalue weighted by atomic mass is 35.5. The van der Waals surface area contributed by atoms with E-state index in [2.05, 4.69) is 4.98 Å². The second kappa shape index (κ2) is 6.42. The zero-order valence-electron chi connectivity index (χ0n) is 13.2. The number of hydrogen-bond acceptors (Lipinski definition) is 3. The normalized spacial score (nSPS) is 14.6. The van der Waals surface area contributed by atoms with Crippen molar-refractivity contribution in [2.75, 3.05) is 11.6 Å². The number of para-hydroxylation sites is 1. The van der Waals surface area contributed by atoms with Crippen LogP contribution in [0.5, 0.6) is 0 Å². The number of aromatic nitrogens is 1. The quantitative estimate of drug-likeness (QED) is 0.859. The van der Waals surface area contributed by atoms with Crippen molar-refractivity contribution < 1.29 is 4.79 Å². The van der Waals surface area contributed by atoms with E-state index in [0.29, 0.717) is 18.0 Å². The van der Waals surface area contributed by atoms with Crippen molar-refractivity contribution in [3.05, 3.63) is 70.6 Å². The van der Waals surface area contributed by atoms with Crippen LogP contribution in [-0.2, 0) is 11.2 Å². The van der Waals surface area contributed by atoms with Crippen molar-refractivity contribution in [1.29, 1.82) is 0 Å². The predicted octanol–water partition coefficient (Wildman–Crippen LogP) is 3.84. The van der Waals surface area contributed by atoms with Crippen molar-refractivity contribution >= 4 is 23.2 Å². The zero-order valence-corrected chi connectivity index (χ0v) is 13.9. The first-order chi connectivity index (χ1) is 11.1. The van der Waals surface area contributed by atoms with Crippen molar-refractivity contribution in [2.24, 2.45) is 0 Å². The number of anilines is 1. The average molecular weight is 328 g/mol. The molecule has 23 heavy (non-hydrogen) atoms. The molecule has 0 fully saturated rings. The van der Waals surface area contributed by atoms with Crippen molar-refractivity contribution in [3.63, 3.8) is 0 Å². The van der Waals surface area contributed by atoms with Crippen LogP contribution in [0.4, 0.5) is 5.69 Å². The molecule has 0 radical (unpaired) electrons. The van der Waals surface area contributed by atoms with E-state index in [1.54, 1.807) is 18.1 Å². The first-order valence-electron chi connectivity index (χ1n) is 7.49. The largest absolute Gasteiger partial charge is 0.273 e. The van der Waals surface area contributed by atoms with Gasteiger partial charge >= 0.3 is 0 Å². The number of pyridine rings is 1. The maximum Gasteiger partial charge on any atom is 0.242 e. The molecule has 0 saturated carbocycles. The van der Waals surface area contributed by atoms with Crippen molar-refractivity contribution in [1.82, 2.24) is 9.99 Å². The molecular weight excluding hydrogens is 310 g/mol. The Morgan fingerprint density at radius 2 is 1.96 bits per heavy atom. The Hall–Kier alpha value is -2.33. The predicted molar refractivity (Wildman–Crippen MR) is 92.0 cm³/mol. The summed E-state index contributed by atoms with van der Waals surface area (Å²) in [5, 5.41) is 4.27. The Labute approximate surface area is 141 Å². The monoisotopic (exact) mass is 327 g/mol.